The lowest BCUT2D eigenvalue weighted by Crippen LogP contribution is -2.51. The lowest BCUT2D eigenvalue weighted by molar-refractivity contribution is -0.133. The molecule has 0 aliphatic carbocycles. The van der Waals surface area contributed by atoms with Crippen LogP contribution in [0.5, 0.6) is 0 Å². The fraction of sp³-hybridized carbons (Fsp3) is 0.923. The number of nitrogens with zero attached hydrogens (tertiary/aromatic N) is 1. The second kappa shape index (κ2) is 6.22. The maximum Gasteiger partial charge on any atom is 0.239 e. The zero-order valence-corrected chi connectivity index (χ0v) is 13.2. The Hall–Kier alpha value is -0.620. The summed E-state index contributed by atoms with van der Waals surface area (Å²) in [6.07, 6.45) is 4.54. The minimum Gasteiger partial charge on any atom is -0.341 e. The molecule has 1 heterocycles. The second-order valence-electron chi connectivity index (χ2n) is 6.02. The SMILES string of the molecule is CC(NCC(C)(C)S(C)(=O)=O)C(=O)N1CCCCC1. The molecule has 1 amide bonds. The van der Waals surface area contributed by atoms with Crippen LogP contribution in [0.2, 0.25) is 0 Å². The van der Waals surface area contributed by atoms with E-state index < -0.39 is 14.6 Å². The number of nitrogens with one attached hydrogen (secondary N) is 1. The summed E-state index contributed by atoms with van der Waals surface area (Å²) >= 11 is 0. The average molecular weight is 290 g/mol. The van der Waals surface area contributed by atoms with Gasteiger partial charge in [-0.15, -0.1) is 0 Å². The predicted octanol–water partition coefficient (Wildman–Crippen LogP) is 0.800. The van der Waals surface area contributed by atoms with E-state index >= 15 is 0 Å². The Labute approximate surface area is 116 Å². The van der Waals surface area contributed by atoms with Crippen molar-refractivity contribution in [1.29, 1.82) is 0 Å². The molecular weight excluding hydrogens is 264 g/mol. The number of carbonyl (C=O) groups is 1. The van der Waals surface area contributed by atoms with Crippen molar-refractivity contribution >= 4 is 15.7 Å². The molecule has 6 heteroatoms. The maximum atomic E-state index is 12.2. The quantitative estimate of drug-likeness (QED) is 0.813. The third kappa shape index (κ3) is 4.45. The molecule has 1 aliphatic heterocycles. The lowest BCUT2D eigenvalue weighted by Gasteiger charge is -2.31. The van der Waals surface area contributed by atoms with Crippen molar-refractivity contribution in [3.8, 4) is 0 Å². The molecule has 19 heavy (non-hydrogen) atoms. The van der Waals surface area contributed by atoms with E-state index in [4.69, 9.17) is 0 Å². The molecular formula is C13H26N2O3S. The van der Waals surface area contributed by atoms with Gasteiger partial charge in [0.2, 0.25) is 5.91 Å². The first-order valence-electron chi connectivity index (χ1n) is 6.87. The summed E-state index contributed by atoms with van der Waals surface area (Å²) in [5.41, 5.74) is 0. The van der Waals surface area contributed by atoms with E-state index in [2.05, 4.69) is 5.32 Å². The van der Waals surface area contributed by atoms with Gasteiger partial charge in [0.15, 0.2) is 9.84 Å². The van der Waals surface area contributed by atoms with E-state index in [1.807, 2.05) is 4.90 Å². The van der Waals surface area contributed by atoms with Gasteiger partial charge < -0.3 is 10.2 Å². The zero-order valence-electron chi connectivity index (χ0n) is 12.4. The number of piperidine rings is 1. The predicted molar refractivity (Wildman–Crippen MR) is 76.8 cm³/mol. The molecule has 112 valence electrons. The van der Waals surface area contributed by atoms with Crippen LogP contribution in [0.15, 0.2) is 0 Å². The molecule has 1 N–H and O–H groups in total. The molecule has 0 spiro atoms. The van der Waals surface area contributed by atoms with Gasteiger partial charge in [-0.05, 0) is 40.0 Å². The number of hydrogen-bond acceptors (Lipinski definition) is 4. The minimum atomic E-state index is -3.14. The highest BCUT2D eigenvalue weighted by Gasteiger charge is 2.31. The summed E-state index contributed by atoms with van der Waals surface area (Å²) in [4.78, 5) is 14.0. The Bertz CT molecular complexity index is 412. The van der Waals surface area contributed by atoms with E-state index in [1.165, 1.54) is 12.7 Å². The highest BCUT2D eigenvalue weighted by atomic mass is 32.2. The summed E-state index contributed by atoms with van der Waals surface area (Å²) in [6.45, 7) is 7.07. The normalized spacial score (nSPS) is 19.3. The van der Waals surface area contributed by atoms with Crippen LogP contribution in [0.1, 0.15) is 40.0 Å². The van der Waals surface area contributed by atoms with Gasteiger partial charge in [-0.1, -0.05) is 0 Å². The minimum absolute atomic E-state index is 0.0731. The van der Waals surface area contributed by atoms with Crippen molar-refractivity contribution in [1.82, 2.24) is 10.2 Å². The molecule has 0 bridgehead atoms. The first kappa shape index (κ1) is 16.4. The number of likely N-dealkylation sites (tertiary alicyclic amines) is 1. The molecule has 1 aliphatic rings. The van der Waals surface area contributed by atoms with Gasteiger partial charge in [-0.2, -0.15) is 0 Å². The summed E-state index contributed by atoms with van der Waals surface area (Å²) in [7, 11) is -3.14. The number of sulfone groups is 1. The number of carbonyl (C=O) groups excluding carboxylic acids is 1. The first-order valence-corrected chi connectivity index (χ1v) is 8.76. The summed E-state index contributed by atoms with van der Waals surface area (Å²) in [5.74, 6) is 0.0731. The van der Waals surface area contributed by atoms with Crippen LogP contribution in [0, 0.1) is 0 Å². The third-order valence-electron chi connectivity index (χ3n) is 3.88. The van der Waals surface area contributed by atoms with Crippen molar-refractivity contribution in [3.05, 3.63) is 0 Å². The van der Waals surface area contributed by atoms with Gasteiger partial charge >= 0.3 is 0 Å². The largest absolute Gasteiger partial charge is 0.341 e. The summed E-state index contributed by atoms with van der Waals surface area (Å²) in [6, 6.07) is -0.334. The zero-order chi connectivity index (χ0) is 14.7. The van der Waals surface area contributed by atoms with Gasteiger partial charge in [-0.25, -0.2) is 8.42 Å². The molecule has 1 unspecified atom stereocenters. The van der Waals surface area contributed by atoms with Crippen molar-refractivity contribution in [2.24, 2.45) is 0 Å². The first-order chi connectivity index (χ1) is 8.65. The molecule has 0 aromatic carbocycles. The molecule has 0 aromatic heterocycles. The molecule has 1 saturated heterocycles. The highest BCUT2D eigenvalue weighted by molar-refractivity contribution is 7.92. The van der Waals surface area contributed by atoms with Crippen molar-refractivity contribution in [3.63, 3.8) is 0 Å². The Morgan fingerprint density at radius 3 is 2.26 bits per heavy atom. The average Bonchev–Trinajstić information content (AvgIpc) is 2.35. The Morgan fingerprint density at radius 1 is 1.26 bits per heavy atom. The molecule has 1 fully saturated rings. The summed E-state index contributed by atoms with van der Waals surface area (Å²) in [5, 5.41) is 3.06. The second-order valence-corrected chi connectivity index (χ2v) is 8.67. The van der Waals surface area contributed by atoms with Crippen LogP contribution in [0.3, 0.4) is 0 Å². The fourth-order valence-electron chi connectivity index (χ4n) is 2.01. The molecule has 0 radical (unpaired) electrons. The molecule has 1 rings (SSSR count). The van der Waals surface area contributed by atoms with E-state index in [0.717, 1.165) is 25.9 Å². The van der Waals surface area contributed by atoms with Crippen LogP contribution in [-0.2, 0) is 14.6 Å². The van der Waals surface area contributed by atoms with Crippen LogP contribution < -0.4 is 5.32 Å². The van der Waals surface area contributed by atoms with Crippen LogP contribution in [-0.4, -0.2) is 55.9 Å². The van der Waals surface area contributed by atoms with Gasteiger partial charge in [0.1, 0.15) is 0 Å². The van der Waals surface area contributed by atoms with Gasteiger partial charge in [0.05, 0.1) is 10.8 Å². The maximum absolute atomic E-state index is 12.2. The standard InChI is InChI=1S/C13H26N2O3S/c1-11(12(16)15-8-6-5-7-9-15)14-10-13(2,3)19(4,17)18/h11,14H,5-10H2,1-4H3. The van der Waals surface area contributed by atoms with E-state index in [9.17, 15) is 13.2 Å². The summed E-state index contributed by atoms with van der Waals surface area (Å²) < 4.78 is 22.3. The van der Waals surface area contributed by atoms with Crippen LogP contribution in [0.4, 0.5) is 0 Å². The number of rotatable bonds is 5. The lowest BCUT2D eigenvalue weighted by atomic mass is 10.1. The topological polar surface area (TPSA) is 66.5 Å². The number of amides is 1. The smallest absolute Gasteiger partial charge is 0.239 e. The van der Waals surface area contributed by atoms with Gasteiger partial charge in [0, 0.05) is 25.9 Å². The van der Waals surface area contributed by atoms with Gasteiger partial charge in [0.25, 0.3) is 0 Å². The third-order valence-corrected chi connectivity index (χ3v) is 6.03. The van der Waals surface area contributed by atoms with E-state index in [-0.39, 0.29) is 18.5 Å². The molecule has 5 nitrogen and oxygen atoms in total. The Balaban J connectivity index is 2.51. The number of hydrogen-bond donors (Lipinski definition) is 1. The van der Waals surface area contributed by atoms with Crippen molar-refractivity contribution in [2.75, 3.05) is 25.9 Å². The molecule has 0 saturated carbocycles. The molecule has 1 atom stereocenters. The van der Waals surface area contributed by atoms with Crippen molar-refractivity contribution in [2.45, 2.75) is 50.8 Å². The fourth-order valence-corrected chi connectivity index (χ4v) is 2.35. The monoisotopic (exact) mass is 290 g/mol. The van der Waals surface area contributed by atoms with Crippen molar-refractivity contribution < 1.29 is 13.2 Å². The van der Waals surface area contributed by atoms with Gasteiger partial charge in [-0.3, -0.25) is 4.79 Å². The van der Waals surface area contributed by atoms with Crippen LogP contribution >= 0.6 is 0 Å². The Kier molecular flexibility index (Phi) is 5.38. The van der Waals surface area contributed by atoms with E-state index in [1.54, 1.807) is 20.8 Å². The molecule has 0 aromatic rings. The van der Waals surface area contributed by atoms with Crippen LogP contribution in [0.25, 0.3) is 0 Å². The highest BCUT2D eigenvalue weighted by Crippen LogP contribution is 2.14. The van der Waals surface area contributed by atoms with E-state index in [0.29, 0.717) is 0 Å². The Morgan fingerprint density at radius 2 is 1.79 bits per heavy atom.